The highest BCUT2D eigenvalue weighted by Crippen LogP contribution is 2.31. The summed E-state index contributed by atoms with van der Waals surface area (Å²) in [6, 6.07) is 7.84. The van der Waals surface area contributed by atoms with Crippen molar-refractivity contribution < 1.29 is 4.79 Å². The largest absolute Gasteiger partial charge is 0.309 e. The molecule has 0 atom stereocenters. The van der Waals surface area contributed by atoms with Gasteiger partial charge in [-0.3, -0.25) is 9.36 Å². The third kappa shape index (κ3) is 7.23. The van der Waals surface area contributed by atoms with Gasteiger partial charge in [0, 0.05) is 24.2 Å². The maximum atomic E-state index is 13.0. The predicted octanol–water partition coefficient (Wildman–Crippen LogP) is 6.05. The zero-order valence-corrected chi connectivity index (χ0v) is 21.1. The Morgan fingerprint density at radius 3 is 2.71 bits per heavy atom. The molecule has 0 radical (unpaired) electrons. The van der Waals surface area contributed by atoms with Crippen LogP contribution >= 0.6 is 0 Å². The molecular weight excluding hydrogens is 434 g/mol. The third-order valence-electron chi connectivity index (χ3n) is 6.41. The summed E-state index contributed by atoms with van der Waals surface area (Å²) in [5.74, 6) is 1.68. The lowest BCUT2D eigenvalue weighted by molar-refractivity contribution is -0.112. The van der Waals surface area contributed by atoms with Crippen molar-refractivity contribution in [2.45, 2.75) is 45.4 Å². The zero-order chi connectivity index (χ0) is 25.2. The van der Waals surface area contributed by atoms with Gasteiger partial charge < -0.3 is 15.6 Å². The first kappa shape index (κ1) is 26.1. The second-order valence-electron chi connectivity index (χ2n) is 9.09. The quantitative estimate of drug-likeness (QED) is 0.251. The van der Waals surface area contributed by atoms with Crippen LogP contribution in [0.25, 0.3) is 5.82 Å². The van der Waals surface area contributed by atoms with Crippen LogP contribution in [0.2, 0.25) is 0 Å². The Morgan fingerprint density at radius 2 is 2.06 bits per heavy atom. The Bertz CT molecular complexity index is 1120. The van der Waals surface area contributed by atoms with Gasteiger partial charge in [-0.1, -0.05) is 44.2 Å². The molecule has 2 N–H and O–H groups in total. The number of allylic oxidation sites excluding steroid dienone is 5. The second kappa shape index (κ2) is 12.8. The number of anilines is 1. The molecule has 3 rings (SSSR count). The van der Waals surface area contributed by atoms with Gasteiger partial charge in [0.25, 0.3) is 5.91 Å². The molecule has 0 aromatic carbocycles. The summed E-state index contributed by atoms with van der Waals surface area (Å²) in [5, 5.41) is 10.4. The van der Waals surface area contributed by atoms with Crippen molar-refractivity contribution in [2.75, 3.05) is 25.5 Å². The molecule has 1 aliphatic heterocycles. The van der Waals surface area contributed by atoms with Crippen LogP contribution in [0.3, 0.4) is 0 Å². The average molecular weight is 472 g/mol. The number of likely N-dealkylation sites (tertiary alicyclic amines) is 1. The van der Waals surface area contributed by atoms with E-state index in [4.69, 9.17) is 5.41 Å². The highest BCUT2D eigenvalue weighted by atomic mass is 16.1. The monoisotopic (exact) mass is 471 g/mol. The predicted molar refractivity (Wildman–Crippen MR) is 145 cm³/mol. The number of carbonyl (C=O) groups excluding carboxylic acids is 1. The van der Waals surface area contributed by atoms with E-state index in [0.29, 0.717) is 17.3 Å². The average Bonchev–Trinajstić information content (AvgIpc) is 3.28. The van der Waals surface area contributed by atoms with E-state index in [1.54, 1.807) is 12.3 Å². The van der Waals surface area contributed by atoms with Gasteiger partial charge in [0.2, 0.25) is 0 Å². The van der Waals surface area contributed by atoms with Crippen LogP contribution in [-0.4, -0.2) is 46.7 Å². The summed E-state index contributed by atoms with van der Waals surface area (Å²) in [7, 11) is 2.16. The molecule has 2 aromatic heterocycles. The molecule has 3 heterocycles. The molecule has 1 amide bonds. The fourth-order valence-corrected chi connectivity index (χ4v) is 4.30. The molecule has 35 heavy (non-hydrogen) atoms. The molecular formula is C29H37N5O. The van der Waals surface area contributed by atoms with Gasteiger partial charge in [0.15, 0.2) is 0 Å². The Balaban J connectivity index is 1.76. The summed E-state index contributed by atoms with van der Waals surface area (Å²) in [5.41, 5.74) is 3.79. The normalized spacial score (nSPS) is 16.0. The number of nitrogens with zero attached hydrogens (tertiary/aromatic N) is 3. The summed E-state index contributed by atoms with van der Waals surface area (Å²) in [6.45, 7) is 10.2. The highest BCUT2D eigenvalue weighted by molar-refractivity contribution is 6.05. The minimum atomic E-state index is -0.249. The van der Waals surface area contributed by atoms with Crippen LogP contribution in [0.1, 0.15) is 51.0 Å². The molecule has 2 aromatic rings. The lowest BCUT2D eigenvalue weighted by atomic mass is 9.91. The highest BCUT2D eigenvalue weighted by Gasteiger charge is 2.22. The molecule has 1 saturated heterocycles. The molecule has 184 valence electrons. The number of carbonyl (C=O) groups is 1. The number of amides is 1. The standard InChI is InChI=1S/C29H37N5O/c1-5-9-24(13-16-30)22(2)10-8-11-23(3)29(35)32-28-20-26(25-14-18-33(4)19-15-25)21-34(28)27-12-6-7-17-31-27/h6-8,10-13,16-17,20-21,25,30H,3,5,9,14-15,18-19H2,1-2,4H3,(H,32,35)/b11-8-,22-10+,24-13+,30-16?. The summed E-state index contributed by atoms with van der Waals surface area (Å²) in [4.78, 5) is 19.8. The van der Waals surface area contributed by atoms with E-state index in [9.17, 15) is 4.79 Å². The number of piperidine rings is 1. The van der Waals surface area contributed by atoms with Crippen LogP contribution in [0.15, 0.2) is 84.3 Å². The number of hydrogen-bond donors (Lipinski definition) is 2. The summed E-state index contributed by atoms with van der Waals surface area (Å²) >= 11 is 0. The molecule has 6 heteroatoms. The SMILES string of the molecule is C=C(\C=C/C=C(C)/C(=C/C=N)CCC)C(=O)Nc1cc(C2CCN(C)CC2)cn1-c1ccccn1. The Morgan fingerprint density at radius 1 is 1.29 bits per heavy atom. The maximum absolute atomic E-state index is 13.0. The van der Waals surface area contributed by atoms with Crippen molar-refractivity contribution in [1.29, 1.82) is 5.41 Å². The minimum absolute atomic E-state index is 0.249. The van der Waals surface area contributed by atoms with Gasteiger partial charge in [0.05, 0.1) is 0 Å². The Hall–Kier alpha value is -3.51. The van der Waals surface area contributed by atoms with Crippen LogP contribution < -0.4 is 5.32 Å². The molecule has 0 saturated carbocycles. The van der Waals surface area contributed by atoms with E-state index in [0.717, 1.165) is 55.7 Å². The van der Waals surface area contributed by atoms with E-state index in [-0.39, 0.29) is 5.91 Å². The third-order valence-corrected chi connectivity index (χ3v) is 6.41. The van der Waals surface area contributed by atoms with Crippen LogP contribution in [-0.2, 0) is 4.79 Å². The van der Waals surface area contributed by atoms with Crippen molar-refractivity contribution in [3.63, 3.8) is 0 Å². The molecule has 1 fully saturated rings. The van der Waals surface area contributed by atoms with E-state index < -0.39 is 0 Å². The van der Waals surface area contributed by atoms with Crippen molar-refractivity contribution in [3.05, 3.63) is 89.8 Å². The molecule has 0 aliphatic carbocycles. The van der Waals surface area contributed by atoms with Crippen molar-refractivity contribution >= 4 is 17.9 Å². The first-order valence-electron chi connectivity index (χ1n) is 12.3. The first-order valence-corrected chi connectivity index (χ1v) is 12.3. The van der Waals surface area contributed by atoms with Crippen molar-refractivity contribution in [2.24, 2.45) is 0 Å². The number of aromatic nitrogens is 2. The number of pyridine rings is 1. The molecule has 0 bridgehead atoms. The van der Waals surface area contributed by atoms with Crippen LogP contribution in [0, 0.1) is 5.41 Å². The lowest BCUT2D eigenvalue weighted by Gasteiger charge is -2.28. The summed E-state index contributed by atoms with van der Waals surface area (Å²) < 4.78 is 1.95. The van der Waals surface area contributed by atoms with Gasteiger partial charge in [-0.05, 0) is 93.2 Å². The molecule has 0 unspecified atom stereocenters. The van der Waals surface area contributed by atoms with Crippen molar-refractivity contribution in [1.82, 2.24) is 14.5 Å². The van der Waals surface area contributed by atoms with Crippen molar-refractivity contribution in [3.8, 4) is 5.82 Å². The van der Waals surface area contributed by atoms with E-state index in [2.05, 4.69) is 48.0 Å². The number of rotatable bonds is 10. The Labute approximate surface area is 209 Å². The number of hydrogen-bond acceptors (Lipinski definition) is 4. The van der Waals surface area contributed by atoms with Crippen LogP contribution in [0.4, 0.5) is 5.82 Å². The maximum Gasteiger partial charge on any atom is 0.256 e. The van der Waals surface area contributed by atoms with Gasteiger partial charge >= 0.3 is 0 Å². The smallest absolute Gasteiger partial charge is 0.256 e. The van der Waals surface area contributed by atoms with Gasteiger partial charge in [-0.15, -0.1) is 0 Å². The second-order valence-corrected chi connectivity index (χ2v) is 9.09. The fraction of sp³-hybridized carbons (Fsp3) is 0.345. The van der Waals surface area contributed by atoms with E-state index >= 15 is 0 Å². The molecule has 0 spiro atoms. The Kier molecular flexibility index (Phi) is 9.56. The number of nitrogens with one attached hydrogen (secondary N) is 2. The molecule has 1 aliphatic rings. The van der Waals surface area contributed by atoms with Crippen LogP contribution in [0.5, 0.6) is 0 Å². The minimum Gasteiger partial charge on any atom is -0.309 e. The van der Waals surface area contributed by atoms with Gasteiger partial charge in [-0.25, -0.2) is 4.98 Å². The first-order chi connectivity index (χ1) is 16.9. The van der Waals surface area contributed by atoms with E-state index in [1.165, 1.54) is 11.8 Å². The van der Waals surface area contributed by atoms with E-state index in [1.807, 2.05) is 47.9 Å². The zero-order valence-electron chi connectivity index (χ0n) is 21.1. The summed E-state index contributed by atoms with van der Waals surface area (Å²) in [6.07, 6.45) is 16.6. The van der Waals surface area contributed by atoms with Gasteiger partial charge in [0.1, 0.15) is 11.6 Å². The lowest BCUT2D eigenvalue weighted by Crippen LogP contribution is -2.29. The van der Waals surface area contributed by atoms with Gasteiger partial charge in [-0.2, -0.15) is 0 Å². The molecule has 6 nitrogen and oxygen atoms in total. The topological polar surface area (TPSA) is 74.0 Å². The fourth-order valence-electron chi connectivity index (χ4n) is 4.30.